The van der Waals surface area contributed by atoms with Gasteiger partial charge >= 0.3 is 0 Å². The average molecular weight is 377 g/mol. The van der Waals surface area contributed by atoms with E-state index in [2.05, 4.69) is 60.8 Å². The summed E-state index contributed by atoms with van der Waals surface area (Å²) >= 11 is 0. The van der Waals surface area contributed by atoms with Crippen molar-refractivity contribution >= 4 is 18.3 Å². The highest BCUT2D eigenvalue weighted by Gasteiger charge is 2.18. The van der Waals surface area contributed by atoms with Gasteiger partial charge in [-0.25, -0.2) is 0 Å². The summed E-state index contributed by atoms with van der Waals surface area (Å²) in [5, 5.41) is 10.8. The molecule has 1 saturated heterocycles. The second kappa shape index (κ2) is 8.69. The molecule has 0 bridgehead atoms. The Balaban J connectivity index is 0.00000243. The first kappa shape index (κ1) is 20.5. The minimum Gasteiger partial charge on any atom is -0.347 e. The lowest BCUT2D eigenvalue weighted by Gasteiger charge is -2.22. The zero-order valence-electron chi connectivity index (χ0n) is 15.8. The van der Waals surface area contributed by atoms with Crippen molar-refractivity contribution in [3.8, 4) is 0 Å². The smallest absolute Gasteiger partial charge is 0.272 e. The number of carbonyl (C=O) groups is 1. The Morgan fingerprint density at radius 3 is 2.62 bits per heavy atom. The maximum absolute atomic E-state index is 12.3. The number of hydrogen-bond acceptors (Lipinski definition) is 3. The van der Waals surface area contributed by atoms with Crippen LogP contribution >= 0.6 is 12.4 Å². The summed E-state index contributed by atoms with van der Waals surface area (Å²) in [4.78, 5) is 12.3. The Morgan fingerprint density at radius 2 is 2.00 bits per heavy atom. The molecule has 6 heteroatoms. The van der Waals surface area contributed by atoms with Crippen LogP contribution in [0.1, 0.15) is 61.3 Å². The third-order valence-electron chi connectivity index (χ3n) is 4.76. The van der Waals surface area contributed by atoms with Gasteiger partial charge in [0.1, 0.15) is 5.69 Å². The molecule has 1 aromatic carbocycles. The quantitative estimate of drug-likeness (QED) is 0.859. The molecule has 5 nitrogen and oxygen atoms in total. The van der Waals surface area contributed by atoms with Crippen molar-refractivity contribution < 1.29 is 4.79 Å². The van der Waals surface area contributed by atoms with Gasteiger partial charge in [-0.3, -0.25) is 9.48 Å². The maximum atomic E-state index is 12.3. The number of hydrogen-bond donors (Lipinski definition) is 2. The summed E-state index contributed by atoms with van der Waals surface area (Å²) in [6, 6.07) is 10.6. The van der Waals surface area contributed by atoms with E-state index in [1.807, 2.05) is 10.9 Å². The second-order valence-electron chi connectivity index (χ2n) is 7.81. The molecule has 1 aliphatic heterocycles. The average Bonchev–Trinajstić information content (AvgIpc) is 3.10. The lowest BCUT2D eigenvalue weighted by Crippen LogP contribution is -2.32. The number of piperidine rings is 1. The van der Waals surface area contributed by atoms with Crippen LogP contribution in [0.2, 0.25) is 0 Å². The van der Waals surface area contributed by atoms with Crippen molar-refractivity contribution in [3.63, 3.8) is 0 Å². The molecule has 0 radical (unpaired) electrons. The molecule has 142 valence electrons. The van der Waals surface area contributed by atoms with Gasteiger partial charge in [0, 0.05) is 19.3 Å². The summed E-state index contributed by atoms with van der Waals surface area (Å²) < 4.78 is 1.92. The highest BCUT2D eigenvalue weighted by Crippen LogP contribution is 2.22. The van der Waals surface area contributed by atoms with Crippen molar-refractivity contribution in [2.75, 3.05) is 13.1 Å². The van der Waals surface area contributed by atoms with Crippen molar-refractivity contribution in [1.29, 1.82) is 0 Å². The highest BCUT2D eigenvalue weighted by molar-refractivity contribution is 5.92. The Labute approximate surface area is 162 Å². The Morgan fingerprint density at radius 1 is 1.27 bits per heavy atom. The van der Waals surface area contributed by atoms with Crippen LogP contribution in [0.4, 0.5) is 0 Å². The lowest BCUT2D eigenvalue weighted by molar-refractivity contribution is 0.0944. The van der Waals surface area contributed by atoms with Gasteiger partial charge in [0.15, 0.2) is 0 Å². The molecule has 0 aliphatic carbocycles. The SMILES string of the molecule is CC(C)(C)c1ccc(CNC(=O)c2ccn(C3CCCNC3)n2)cc1.Cl. The van der Waals surface area contributed by atoms with Crippen LogP contribution in [0, 0.1) is 0 Å². The van der Waals surface area contributed by atoms with Gasteiger partial charge in [-0.15, -0.1) is 12.4 Å². The predicted molar refractivity (Wildman–Crippen MR) is 107 cm³/mol. The summed E-state index contributed by atoms with van der Waals surface area (Å²) in [5.74, 6) is -0.123. The molecule has 0 saturated carbocycles. The second-order valence-corrected chi connectivity index (χ2v) is 7.81. The van der Waals surface area contributed by atoms with Crippen LogP contribution in [0.25, 0.3) is 0 Å². The molecule has 0 spiro atoms. The third-order valence-corrected chi connectivity index (χ3v) is 4.76. The molecular formula is C20H29ClN4O. The fourth-order valence-electron chi connectivity index (χ4n) is 3.12. The van der Waals surface area contributed by atoms with Gasteiger partial charge in [0.2, 0.25) is 0 Å². The third kappa shape index (κ3) is 5.08. The zero-order chi connectivity index (χ0) is 17.9. The molecule has 2 N–H and O–H groups in total. The van der Waals surface area contributed by atoms with Gasteiger partial charge in [0.25, 0.3) is 5.91 Å². The van der Waals surface area contributed by atoms with E-state index in [0.29, 0.717) is 18.3 Å². The maximum Gasteiger partial charge on any atom is 0.272 e. The molecule has 1 aromatic heterocycles. The molecule has 3 rings (SSSR count). The van der Waals surface area contributed by atoms with Crippen LogP contribution in [0.3, 0.4) is 0 Å². The summed E-state index contributed by atoms with van der Waals surface area (Å²) in [5.41, 5.74) is 3.01. The Hall–Kier alpha value is -1.85. The van der Waals surface area contributed by atoms with Gasteiger partial charge in [0.05, 0.1) is 6.04 Å². The van der Waals surface area contributed by atoms with E-state index in [1.54, 1.807) is 6.07 Å². The topological polar surface area (TPSA) is 59.0 Å². The highest BCUT2D eigenvalue weighted by atomic mass is 35.5. The summed E-state index contributed by atoms with van der Waals surface area (Å²) in [7, 11) is 0. The first-order valence-electron chi connectivity index (χ1n) is 9.07. The molecule has 2 heterocycles. The van der Waals surface area contributed by atoms with Crippen molar-refractivity contribution in [3.05, 3.63) is 53.3 Å². The molecule has 1 atom stereocenters. The van der Waals surface area contributed by atoms with Crippen LogP contribution in [-0.2, 0) is 12.0 Å². The molecule has 1 fully saturated rings. The number of nitrogens with one attached hydrogen (secondary N) is 2. The number of amides is 1. The number of aromatic nitrogens is 2. The summed E-state index contributed by atoms with van der Waals surface area (Å²) in [6.07, 6.45) is 4.16. The van der Waals surface area contributed by atoms with Crippen molar-refractivity contribution in [2.45, 2.75) is 51.6 Å². The van der Waals surface area contributed by atoms with Crippen LogP contribution < -0.4 is 10.6 Å². The number of nitrogens with zero attached hydrogens (tertiary/aromatic N) is 2. The van der Waals surface area contributed by atoms with E-state index in [4.69, 9.17) is 0 Å². The van der Waals surface area contributed by atoms with E-state index in [9.17, 15) is 4.79 Å². The number of halogens is 1. The van der Waals surface area contributed by atoms with Crippen molar-refractivity contribution in [2.24, 2.45) is 0 Å². The fourth-order valence-corrected chi connectivity index (χ4v) is 3.12. The Kier molecular flexibility index (Phi) is 6.84. The van der Waals surface area contributed by atoms with Gasteiger partial charge in [-0.05, 0) is 42.0 Å². The first-order valence-corrected chi connectivity index (χ1v) is 9.07. The van der Waals surface area contributed by atoms with Gasteiger partial charge < -0.3 is 10.6 Å². The van der Waals surface area contributed by atoms with E-state index in [0.717, 1.165) is 31.5 Å². The monoisotopic (exact) mass is 376 g/mol. The van der Waals surface area contributed by atoms with Crippen molar-refractivity contribution in [1.82, 2.24) is 20.4 Å². The fraction of sp³-hybridized carbons (Fsp3) is 0.500. The van der Waals surface area contributed by atoms with E-state index in [-0.39, 0.29) is 23.7 Å². The molecule has 2 aromatic rings. The predicted octanol–water partition coefficient (Wildman–Crippen LogP) is 3.46. The lowest BCUT2D eigenvalue weighted by atomic mass is 9.87. The van der Waals surface area contributed by atoms with E-state index < -0.39 is 0 Å². The molecule has 1 amide bonds. The van der Waals surface area contributed by atoms with E-state index >= 15 is 0 Å². The minimum atomic E-state index is -0.123. The normalized spacial score (nSPS) is 17.4. The number of benzene rings is 1. The van der Waals surface area contributed by atoms with Crippen LogP contribution in [0.5, 0.6) is 0 Å². The largest absolute Gasteiger partial charge is 0.347 e. The van der Waals surface area contributed by atoms with Crippen LogP contribution in [-0.4, -0.2) is 28.8 Å². The first-order chi connectivity index (χ1) is 11.9. The molecule has 1 unspecified atom stereocenters. The Bertz CT molecular complexity index is 712. The zero-order valence-corrected chi connectivity index (χ0v) is 16.6. The standard InChI is InChI=1S/C20H28N4O.ClH/c1-20(2,3)16-8-6-15(7-9-16)13-22-19(25)18-10-12-24(23-18)17-5-4-11-21-14-17;/h6-10,12,17,21H,4-5,11,13-14H2,1-3H3,(H,22,25);1H. The van der Waals surface area contributed by atoms with E-state index in [1.165, 1.54) is 5.56 Å². The molecule has 26 heavy (non-hydrogen) atoms. The number of rotatable bonds is 4. The molecular weight excluding hydrogens is 348 g/mol. The summed E-state index contributed by atoms with van der Waals surface area (Å²) in [6.45, 7) is 9.09. The van der Waals surface area contributed by atoms with Gasteiger partial charge in [-0.1, -0.05) is 45.0 Å². The molecule has 1 aliphatic rings. The number of carbonyl (C=O) groups excluding carboxylic acids is 1. The minimum absolute atomic E-state index is 0. The van der Waals surface area contributed by atoms with Crippen LogP contribution in [0.15, 0.2) is 36.5 Å². The van der Waals surface area contributed by atoms with Gasteiger partial charge in [-0.2, -0.15) is 5.10 Å².